The Bertz CT molecular complexity index is 737. The Hall–Kier alpha value is -2.23. The molecular weight excluding hydrogens is 276 g/mol. The van der Waals surface area contributed by atoms with Gasteiger partial charge in [0.1, 0.15) is 5.75 Å². The number of rotatable bonds is 3. The van der Waals surface area contributed by atoms with E-state index in [9.17, 15) is 4.79 Å². The van der Waals surface area contributed by atoms with Gasteiger partial charge in [-0.1, -0.05) is 24.3 Å². The summed E-state index contributed by atoms with van der Waals surface area (Å²) in [5, 5.41) is 8.66. The first-order valence-corrected chi connectivity index (χ1v) is 7.89. The number of methoxy groups -OCH3 is 1. The lowest BCUT2D eigenvalue weighted by molar-refractivity contribution is 0.236. The molecular formula is C18H20N2O2. The first-order valence-electron chi connectivity index (χ1n) is 7.89. The van der Waals surface area contributed by atoms with Crippen molar-refractivity contribution in [3.05, 3.63) is 41.5 Å². The molecule has 0 spiro atoms. The smallest absolute Gasteiger partial charge is 0.315 e. The molecule has 0 aromatic heterocycles. The van der Waals surface area contributed by atoms with E-state index in [-0.39, 0.29) is 12.1 Å². The van der Waals surface area contributed by atoms with E-state index in [1.807, 2.05) is 6.07 Å². The number of hydrogen-bond acceptors (Lipinski definition) is 2. The van der Waals surface area contributed by atoms with Crippen molar-refractivity contribution in [2.75, 3.05) is 7.11 Å². The second kappa shape index (κ2) is 5.20. The number of carbonyl (C=O) groups excluding carboxylic acids is 1. The molecule has 2 N–H and O–H groups in total. The van der Waals surface area contributed by atoms with Crippen LogP contribution >= 0.6 is 0 Å². The molecule has 2 aromatic rings. The normalized spacial score (nSPS) is 19.8. The quantitative estimate of drug-likeness (QED) is 0.915. The topological polar surface area (TPSA) is 50.4 Å². The van der Waals surface area contributed by atoms with Gasteiger partial charge in [0.25, 0.3) is 0 Å². The van der Waals surface area contributed by atoms with Gasteiger partial charge in [-0.15, -0.1) is 0 Å². The molecule has 114 valence electrons. The summed E-state index contributed by atoms with van der Waals surface area (Å²) in [5.41, 5.74) is 2.49. The number of carbonyl (C=O) groups is 1. The van der Waals surface area contributed by atoms with Crippen molar-refractivity contribution in [2.45, 2.75) is 37.8 Å². The number of amides is 2. The van der Waals surface area contributed by atoms with Gasteiger partial charge in [0.2, 0.25) is 0 Å². The molecule has 2 aromatic carbocycles. The lowest BCUT2D eigenvalue weighted by Gasteiger charge is -2.27. The third-order valence-electron chi connectivity index (χ3n) is 4.58. The summed E-state index contributed by atoms with van der Waals surface area (Å²) in [7, 11) is 1.71. The fourth-order valence-electron chi connectivity index (χ4n) is 3.41. The third kappa shape index (κ3) is 2.39. The largest absolute Gasteiger partial charge is 0.496 e. The van der Waals surface area contributed by atoms with Gasteiger partial charge < -0.3 is 15.4 Å². The molecule has 1 atom stereocenters. The van der Waals surface area contributed by atoms with Crippen LogP contribution in [0.4, 0.5) is 4.79 Å². The predicted octanol–water partition coefficient (Wildman–Crippen LogP) is 2.78. The van der Waals surface area contributed by atoms with Crippen LogP contribution in [-0.2, 0) is 12.8 Å². The van der Waals surface area contributed by atoms with E-state index in [1.54, 1.807) is 7.11 Å². The minimum atomic E-state index is -0.0435. The average molecular weight is 296 g/mol. The highest BCUT2D eigenvalue weighted by Crippen LogP contribution is 2.35. The van der Waals surface area contributed by atoms with Crippen molar-refractivity contribution < 1.29 is 9.53 Å². The molecule has 1 fully saturated rings. The lowest BCUT2D eigenvalue weighted by atomic mass is 9.85. The standard InChI is InChI=1S/C18H20N2O2/c1-22-16-8-5-11-3-2-4-12-9-14(10-15(16)17(11)12)20-18(21)19-13-6-7-13/h2-5,8,13-14H,6-7,9-10H2,1H3,(H2,19,20,21). The number of benzene rings is 2. The number of hydrogen-bond donors (Lipinski definition) is 2. The molecule has 2 amide bonds. The molecule has 4 heteroatoms. The van der Waals surface area contributed by atoms with Crippen LogP contribution in [0.15, 0.2) is 30.3 Å². The first-order chi connectivity index (χ1) is 10.7. The lowest BCUT2D eigenvalue weighted by Crippen LogP contribution is -2.45. The minimum Gasteiger partial charge on any atom is -0.496 e. The number of ether oxygens (including phenoxy) is 1. The van der Waals surface area contributed by atoms with Crippen LogP contribution in [0.5, 0.6) is 5.75 Å². The minimum absolute atomic E-state index is 0.0435. The molecule has 0 saturated heterocycles. The zero-order valence-corrected chi connectivity index (χ0v) is 12.7. The van der Waals surface area contributed by atoms with Crippen LogP contribution < -0.4 is 15.4 Å². The van der Waals surface area contributed by atoms with Gasteiger partial charge in [-0.2, -0.15) is 0 Å². The summed E-state index contributed by atoms with van der Waals surface area (Å²) in [6.07, 6.45) is 3.90. The van der Waals surface area contributed by atoms with E-state index in [0.717, 1.165) is 31.4 Å². The van der Waals surface area contributed by atoms with E-state index in [0.29, 0.717) is 6.04 Å². The van der Waals surface area contributed by atoms with E-state index in [4.69, 9.17) is 4.74 Å². The first kappa shape index (κ1) is 13.4. The molecule has 0 heterocycles. The number of nitrogens with one attached hydrogen (secondary N) is 2. The summed E-state index contributed by atoms with van der Waals surface area (Å²) in [5.74, 6) is 0.911. The molecule has 4 nitrogen and oxygen atoms in total. The van der Waals surface area contributed by atoms with Gasteiger partial charge in [0.15, 0.2) is 0 Å². The van der Waals surface area contributed by atoms with Crippen molar-refractivity contribution in [3.8, 4) is 5.75 Å². The second-order valence-electron chi connectivity index (χ2n) is 6.26. The SMILES string of the molecule is COc1ccc2cccc3c2c1CC(NC(=O)NC1CC1)C3. The van der Waals surface area contributed by atoms with Crippen LogP contribution in [0, 0.1) is 0 Å². The highest BCUT2D eigenvalue weighted by molar-refractivity contribution is 5.92. The Balaban J connectivity index is 1.63. The molecule has 2 aliphatic carbocycles. The van der Waals surface area contributed by atoms with E-state index < -0.39 is 0 Å². The van der Waals surface area contributed by atoms with Crippen molar-refractivity contribution in [3.63, 3.8) is 0 Å². The van der Waals surface area contributed by atoms with E-state index in [2.05, 4.69) is 34.9 Å². The Morgan fingerprint density at radius 2 is 1.91 bits per heavy atom. The summed E-state index contributed by atoms with van der Waals surface area (Å²) >= 11 is 0. The molecule has 22 heavy (non-hydrogen) atoms. The monoisotopic (exact) mass is 296 g/mol. The van der Waals surface area contributed by atoms with Gasteiger partial charge in [-0.25, -0.2) is 4.79 Å². The van der Waals surface area contributed by atoms with Gasteiger partial charge in [0.05, 0.1) is 7.11 Å². The predicted molar refractivity (Wildman–Crippen MR) is 86.4 cm³/mol. The molecule has 2 aliphatic rings. The Morgan fingerprint density at radius 1 is 1.09 bits per heavy atom. The Kier molecular flexibility index (Phi) is 3.17. The van der Waals surface area contributed by atoms with E-state index in [1.165, 1.54) is 21.9 Å². The van der Waals surface area contributed by atoms with Gasteiger partial charge in [-0.05, 0) is 48.1 Å². The van der Waals surface area contributed by atoms with Crippen LogP contribution in [-0.4, -0.2) is 25.2 Å². The van der Waals surface area contributed by atoms with E-state index >= 15 is 0 Å². The van der Waals surface area contributed by atoms with Crippen LogP contribution in [0.25, 0.3) is 10.8 Å². The van der Waals surface area contributed by atoms with Gasteiger partial charge in [-0.3, -0.25) is 0 Å². The maximum absolute atomic E-state index is 12.0. The maximum atomic E-state index is 12.0. The average Bonchev–Trinajstić information content (AvgIpc) is 3.31. The van der Waals surface area contributed by atoms with Crippen LogP contribution in [0.2, 0.25) is 0 Å². The molecule has 0 bridgehead atoms. The summed E-state index contributed by atoms with van der Waals surface area (Å²) < 4.78 is 5.53. The third-order valence-corrected chi connectivity index (χ3v) is 4.58. The molecule has 4 rings (SSSR count). The zero-order chi connectivity index (χ0) is 15.1. The highest BCUT2D eigenvalue weighted by Gasteiger charge is 2.27. The fourth-order valence-corrected chi connectivity index (χ4v) is 3.41. The molecule has 1 unspecified atom stereocenters. The van der Waals surface area contributed by atoms with Crippen LogP contribution in [0.3, 0.4) is 0 Å². The summed E-state index contributed by atoms with van der Waals surface area (Å²) in [6, 6.07) is 11.0. The Morgan fingerprint density at radius 3 is 2.68 bits per heavy atom. The maximum Gasteiger partial charge on any atom is 0.315 e. The van der Waals surface area contributed by atoms with Crippen molar-refractivity contribution in [2.24, 2.45) is 0 Å². The summed E-state index contributed by atoms with van der Waals surface area (Å²) in [4.78, 5) is 12.0. The molecule has 0 aliphatic heterocycles. The summed E-state index contributed by atoms with van der Waals surface area (Å²) in [6.45, 7) is 0. The van der Waals surface area contributed by atoms with Crippen molar-refractivity contribution in [1.29, 1.82) is 0 Å². The molecule has 1 saturated carbocycles. The zero-order valence-electron chi connectivity index (χ0n) is 12.7. The van der Waals surface area contributed by atoms with Gasteiger partial charge >= 0.3 is 6.03 Å². The highest BCUT2D eigenvalue weighted by atomic mass is 16.5. The fraction of sp³-hybridized carbons (Fsp3) is 0.389. The Labute approximate surface area is 129 Å². The number of urea groups is 1. The molecule has 0 radical (unpaired) electrons. The van der Waals surface area contributed by atoms with Crippen molar-refractivity contribution >= 4 is 16.8 Å². The van der Waals surface area contributed by atoms with Gasteiger partial charge in [0, 0.05) is 17.6 Å². The second-order valence-corrected chi connectivity index (χ2v) is 6.26. The van der Waals surface area contributed by atoms with Crippen LogP contribution in [0.1, 0.15) is 24.0 Å². The van der Waals surface area contributed by atoms with Crippen molar-refractivity contribution in [1.82, 2.24) is 10.6 Å².